The van der Waals surface area contributed by atoms with Crippen LogP contribution in [0.2, 0.25) is 0 Å². The Labute approximate surface area is 416 Å². The van der Waals surface area contributed by atoms with Crippen LogP contribution in [0.25, 0.3) is 33.1 Å². The Morgan fingerprint density at radius 2 is 1.43 bits per heavy atom. The Morgan fingerprint density at radius 1 is 0.771 bits per heavy atom. The number of hydrogen-bond donors (Lipinski definition) is 4. The number of aliphatic hydroxyl groups is 2. The first-order chi connectivity index (χ1) is 33.3. The van der Waals surface area contributed by atoms with Gasteiger partial charge >= 0.3 is 0 Å². The van der Waals surface area contributed by atoms with Crippen LogP contribution in [0.15, 0.2) is 79.0 Å². The molecule has 2 aliphatic rings. The van der Waals surface area contributed by atoms with Gasteiger partial charge in [0, 0.05) is 90.4 Å². The molecule has 0 saturated carbocycles. The lowest BCUT2D eigenvalue weighted by Crippen LogP contribution is -2.56. The molecular formula is C58H80N6O6. The van der Waals surface area contributed by atoms with Gasteiger partial charge in [0.2, 0.25) is 17.7 Å². The predicted octanol–water partition coefficient (Wildman–Crippen LogP) is 8.51. The van der Waals surface area contributed by atoms with Crippen molar-refractivity contribution in [3.63, 3.8) is 0 Å². The fraction of sp³-hybridized carbons (Fsp3) is 0.552. The number of benzene rings is 3. The first-order valence-electron chi connectivity index (χ1n) is 25.9. The number of amides is 3. The molecule has 7 atom stereocenters. The van der Waals surface area contributed by atoms with Crippen molar-refractivity contribution in [3.8, 4) is 11.3 Å². The monoisotopic (exact) mass is 957 g/mol. The lowest BCUT2D eigenvalue weighted by molar-refractivity contribution is -0.143. The minimum absolute atomic E-state index is 0.0201. The molecule has 7 rings (SSSR count). The van der Waals surface area contributed by atoms with E-state index in [1.54, 1.807) is 7.05 Å². The molecule has 2 fully saturated rings. The van der Waals surface area contributed by atoms with Gasteiger partial charge in [-0.3, -0.25) is 19.2 Å². The van der Waals surface area contributed by atoms with Crippen molar-refractivity contribution in [2.45, 2.75) is 150 Å². The van der Waals surface area contributed by atoms with Crippen molar-refractivity contribution in [2.75, 3.05) is 33.4 Å². The Morgan fingerprint density at radius 3 is 2.06 bits per heavy atom. The van der Waals surface area contributed by atoms with Crippen LogP contribution in [0.3, 0.4) is 0 Å². The second-order valence-electron chi connectivity index (χ2n) is 22.5. The average Bonchev–Trinajstić information content (AvgIpc) is 4.13. The van der Waals surface area contributed by atoms with E-state index >= 15 is 4.79 Å². The zero-order valence-corrected chi connectivity index (χ0v) is 43.6. The van der Waals surface area contributed by atoms with Crippen LogP contribution < -0.4 is 10.6 Å². The number of aliphatic hydroxyl groups excluding tert-OH is 2. The van der Waals surface area contributed by atoms with E-state index in [2.05, 4.69) is 101 Å². The van der Waals surface area contributed by atoms with Crippen molar-refractivity contribution in [1.82, 2.24) is 29.6 Å². The number of carbonyl (C=O) groups excluding carboxylic acids is 4. The number of nitrogens with zero attached hydrogens (tertiary/aromatic N) is 4. The highest BCUT2D eigenvalue weighted by molar-refractivity contribution is 5.93. The number of fused-ring (bicyclic) bond motifs is 2. The molecule has 0 radical (unpaired) electrons. The summed E-state index contributed by atoms with van der Waals surface area (Å²) in [4.78, 5) is 60.5. The van der Waals surface area contributed by atoms with Crippen LogP contribution in [0.5, 0.6) is 0 Å². The maximum absolute atomic E-state index is 15.0. The Kier molecular flexibility index (Phi) is 16.5. The molecule has 378 valence electrons. The molecule has 1 unspecified atom stereocenters. The molecule has 12 nitrogen and oxygen atoms in total. The van der Waals surface area contributed by atoms with E-state index in [0.29, 0.717) is 45.4 Å². The predicted molar refractivity (Wildman–Crippen MR) is 280 cm³/mol. The van der Waals surface area contributed by atoms with Crippen LogP contribution in [0, 0.1) is 22.7 Å². The molecule has 0 aliphatic carbocycles. The number of carbonyl (C=O) groups is 4. The van der Waals surface area contributed by atoms with Gasteiger partial charge in [-0.25, -0.2) is 0 Å². The first-order valence-corrected chi connectivity index (χ1v) is 25.9. The SMILES string of the molecule is CC[C@@H](C)C(=O)N[C@H](C(=O)N1CC(c2ccc(-c3c(C[C@@H]4CCCN4C(=O)[C@@H](CC(=O)[C@H](C)NC)C(C)(C)C)c4ccccc4n3CCO)cc2)C[C@H]1Cc1cn(CCO)c2ccccc12)C(C)(C)C. The lowest BCUT2D eigenvalue weighted by Gasteiger charge is -2.36. The smallest absolute Gasteiger partial charge is 0.245 e. The van der Waals surface area contributed by atoms with Crippen molar-refractivity contribution in [3.05, 3.63) is 95.7 Å². The summed E-state index contributed by atoms with van der Waals surface area (Å²) in [6.07, 6.45) is 6.74. The average molecular weight is 957 g/mol. The molecule has 0 spiro atoms. The van der Waals surface area contributed by atoms with E-state index in [4.69, 9.17) is 0 Å². The number of para-hydroxylation sites is 2. The standard InChI is InChI=1S/C58H80N6O6/c1-11-37(2)54(68)60-53(58(7,8)9)56(70)64-36-41(31-44(64)32-42-35-61(27-29-65)49-20-14-12-18-45(42)49)39-22-24-40(25-23-39)52-47(46-19-13-15-21-50(46)63(52)28-30-66)33-43-17-16-26-62(43)55(69)48(57(4,5)6)34-51(67)38(3)59-10/h12-15,18-25,35,37-38,41,43-44,48,53,59,65-66H,11,16-17,26-34,36H2,1-10H3,(H,60,68)/t37-,38+,41?,43+,44+,48-,53-/m1/s1. The molecule has 2 aromatic heterocycles. The molecule has 4 heterocycles. The van der Waals surface area contributed by atoms with Gasteiger partial charge in [-0.2, -0.15) is 0 Å². The number of ketones is 1. The van der Waals surface area contributed by atoms with Crippen LogP contribution in [0.1, 0.15) is 117 Å². The minimum Gasteiger partial charge on any atom is -0.395 e. The second kappa shape index (κ2) is 22.0. The van der Waals surface area contributed by atoms with Crippen molar-refractivity contribution < 1.29 is 29.4 Å². The van der Waals surface area contributed by atoms with Crippen molar-refractivity contribution in [2.24, 2.45) is 22.7 Å². The van der Waals surface area contributed by atoms with Crippen LogP contribution in [-0.4, -0.2) is 110 Å². The Hall–Kier alpha value is -5.30. The van der Waals surface area contributed by atoms with E-state index in [-0.39, 0.29) is 73.1 Å². The molecule has 2 saturated heterocycles. The van der Waals surface area contributed by atoms with E-state index in [1.165, 1.54) is 0 Å². The third-order valence-corrected chi connectivity index (χ3v) is 15.6. The largest absolute Gasteiger partial charge is 0.395 e. The fourth-order valence-corrected chi connectivity index (χ4v) is 11.2. The summed E-state index contributed by atoms with van der Waals surface area (Å²) in [6, 6.07) is 24.1. The molecular weight excluding hydrogens is 877 g/mol. The number of rotatable bonds is 19. The highest BCUT2D eigenvalue weighted by Crippen LogP contribution is 2.41. The highest BCUT2D eigenvalue weighted by atomic mass is 16.3. The van der Waals surface area contributed by atoms with Crippen LogP contribution in [-0.2, 0) is 45.1 Å². The number of aromatic nitrogens is 2. The first kappa shape index (κ1) is 52.5. The molecule has 3 aromatic carbocycles. The summed E-state index contributed by atoms with van der Waals surface area (Å²) in [5, 5.41) is 28.9. The van der Waals surface area contributed by atoms with E-state index in [9.17, 15) is 24.6 Å². The van der Waals surface area contributed by atoms with Gasteiger partial charge in [0.15, 0.2) is 0 Å². The summed E-state index contributed by atoms with van der Waals surface area (Å²) in [5.74, 6) is -0.744. The maximum atomic E-state index is 15.0. The van der Waals surface area contributed by atoms with Gasteiger partial charge in [-0.1, -0.05) is 116 Å². The van der Waals surface area contributed by atoms with Gasteiger partial charge in [0.05, 0.1) is 24.9 Å². The van der Waals surface area contributed by atoms with Crippen LogP contribution >= 0.6 is 0 Å². The number of likely N-dealkylation sites (N-methyl/N-ethyl adjacent to an activating group) is 1. The molecule has 3 amide bonds. The summed E-state index contributed by atoms with van der Waals surface area (Å²) in [7, 11) is 1.78. The van der Waals surface area contributed by atoms with E-state index in [1.807, 2.05) is 69.5 Å². The number of nitrogens with one attached hydrogen (secondary N) is 2. The van der Waals surface area contributed by atoms with Crippen molar-refractivity contribution in [1.29, 1.82) is 0 Å². The van der Waals surface area contributed by atoms with Crippen LogP contribution in [0.4, 0.5) is 0 Å². The van der Waals surface area contributed by atoms with E-state index in [0.717, 1.165) is 69.0 Å². The summed E-state index contributed by atoms with van der Waals surface area (Å²) in [6.45, 7) is 20.0. The number of Topliss-reactive ketones (excluding diaryl/α,β-unsaturated/α-hetero) is 1. The summed E-state index contributed by atoms with van der Waals surface area (Å²) < 4.78 is 4.31. The summed E-state index contributed by atoms with van der Waals surface area (Å²) >= 11 is 0. The molecule has 5 aromatic rings. The van der Waals surface area contributed by atoms with Gasteiger partial charge in [-0.05, 0) is 97.7 Å². The Bertz CT molecular complexity index is 2630. The Balaban J connectivity index is 1.23. The molecule has 0 bridgehead atoms. The normalized spacial score (nSPS) is 19.5. The zero-order chi connectivity index (χ0) is 50.7. The van der Waals surface area contributed by atoms with Gasteiger partial charge in [0.25, 0.3) is 0 Å². The molecule has 4 N–H and O–H groups in total. The van der Waals surface area contributed by atoms with E-state index < -0.39 is 22.8 Å². The molecule has 12 heteroatoms. The van der Waals surface area contributed by atoms with Gasteiger partial charge in [0.1, 0.15) is 11.8 Å². The maximum Gasteiger partial charge on any atom is 0.245 e. The number of likely N-dealkylation sites (tertiary alicyclic amines) is 2. The zero-order valence-electron chi connectivity index (χ0n) is 43.6. The third kappa shape index (κ3) is 11.1. The molecule has 2 aliphatic heterocycles. The summed E-state index contributed by atoms with van der Waals surface area (Å²) in [5.41, 5.74) is 6.56. The lowest BCUT2D eigenvalue weighted by atomic mass is 9.76. The second-order valence-corrected chi connectivity index (χ2v) is 22.5. The minimum atomic E-state index is -0.713. The topological polar surface area (TPSA) is 149 Å². The number of hydrogen-bond acceptors (Lipinski definition) is 7. The quantitative estimate of drug-likeness (QED) is 0.0649. The highest BCUT2D eigenvalue weighted by Gasteiger charge is 2.44. The van der Waals surface area contributed by atoms with Crippen molar-refractivity contribution >= 4 is 45.3 Å². The third-order valence-electron chi connectivity index (χ3n) is 15.6. The fourth-order valence-electron chi connectivity index (χ4n) is 11.2. The molecule has 70 heavy (non-hydrogen) atoms. The van der Waals surface area contributed by atoms with Gasteiger partial charge < -0.3 is 39.8 Å². The van der Waals surface area contributed by atoms with Gasteiger partial charge in [-0.15, -0.1) is 0 Å².